The molecule has 138 valence electrons. The van der Waals surface area contributed by atoms with Gasteiger partial charge in [-0.05, 0) is 43.3 Å². The molecule has 2 aromatic carbocycles. The van der Waals surface area contributed by atoms with E-state index in [0.717, 1.165) is 5.69 Å². The average Bonchev–Trinajstić information content (AvgIpc) is 2.67. The van der Waals surface area contributed by atoms with E-state index in [9.17, 15) is 13.2 Å². The third kappa shape index (κ3) is 4.92. The first-order valence-corrected chi connectivity index (χ1v) is 9.69. The number of hydrogen-bond donors (Lipinski definition) is 1. The van der Waals surface area contributed by atoms with Crippen LogP contribution in [0.4, 0.5) is 5.69 Å². The van der Waals surface area contributed by atoms with E-state index in [0.29, 0.717) is 17.0 Å². The van der Waals surface area contributed by atoms with E-state index in [1.807, 2.05) is 18.2 Å². The summed E-state index contributed by atoms with van der Waals surface area (Å²) in [5, 5.41) is 0. The molecule has 0 fully saturated rings. The van der Waals surface area contributed by atoms with Crippen LogP contribution in [0.15, 0.2) is 77.8 Å². The highest BCUT2D eigenvalue weighted by atomic mass is 32.2. The van der Waals surface area contributed by atoms with Gasteiger partial charge in [0.1, 0.15) is 12.4 Å². The topological polar surface area (TPSA) is 85.4 Å². The highest BCUT2D eigenvalue weighted by Crippen LogP contribution is 2.22. The maximum Gasteiger partial charge on any atom is 0.261 e. The van der Waals surface area contributed by atoms with Crippen molar-refractivity contribution in [3.63, 3.8) is 0 Å². The van der Waals surface area contributed by atoms with E-state index in [1.54, 1.807) is 30.5 Å². The van der Waals surface area contributed by atoms with Crippen molar-refractivity contribution in [3.8, 4) is 5.75 Å². The molecule has 1 N–H and O–H groups in total. The SMILES string of the molecule is CC(=O)c1ccc(S(=O)(=O)Nc2cccc(OCc3ccccn3)c2)cc1. The maximum atomic E-state index is 12.5. The third-order valence-corrected chi connectivity index (χ3v) is 5.17. The normalized spacial score (nSPS) is 11.0. The molecule has 0 saturated carbocycles. The van der Waals surface area contributed by atoms with Crippen LogP contribution in [0, 0.1) is 0 Å². The van der Waals surface area contributed by atoms with Gasteiger partial charge in [0, 0.05) is 17.8 Å². The summed E-state index contributed by atoms with van der Waals surface area (Å²) in [5.74, 6) is 0.400. The molecule has 27 heavy (non-hydrogen) atoms. The zero-order valence-corrected chi connectivity index (χ0v) is 15.4. The smallest absolute Gasteiger partial charge is 0.261 e. The lowest BCUT2D eigenvalue weighted by Gasteiger charge is -2.11. The van der Waals surface area contributed by atoms with E-state index in [4.69, 9.17) is 4.74 Å². The molecule has 0 saturated heterocycles. The predicted octanol–water partition coefficient (Wildman–Crippen LogP) is 3.66. The molecule has 0 bridgehead atoms. The zero-order valence-electron chi connectivity index (χ0n) is 14.6. The van der Waals surface area contributed by atoms with Crippen molar-refractivity contribution in [3.05, 3.63) is 84.2 Å². The molecule has 0 aliphatic heterocycles. The van der Waals surface area contributed by atoms with Crippen molar-refractivity contribution in [1.29, 1.82) is 0 Å². The number of carbonyl (C=O) groups excluding carboxylic acids is 1. The Bertz CT molecular complexity index is 1030. The van der Waals surface area contributed by atoms with E-state index < -0.39 is 10.0 Å². The standard InChI is InChI=1S/C20H18N2O4S/c1-15(23)16-8-10-20(11-9-16)27(24,25)22-17-6-4-7-19(13-17)26-14-18-5-2-3-12-21-18/h2-13,22H,14H2,1H3. The fourth-order valence-electron chi connectivity index (χ4n) is 2.37. The number of ketones is 1. The van der Waals surface area contributed by atoms with E-state index in [1.165, 1.54) is 31.2 Å². The van der Waals surface area contributed by atoms with Gasteiger partial charge in [-0.2, -0.15) is 0 Å². The fraction of sp³-hybridized carbons (Fsp3) is 0.100. The van der Waals surface area contributed by atoms with Crippen molar-refractivity contribution < 1.29 is 17.9 Å². The van der Waals surface area contributed by atoms with Crippen LogP contribution in [0.2, 0.25) is 0 Å². The summed E-state index contributed by atoms with van der Waals surface area (Å²) < 4.78 is 33.2. The van der Waals surface area contributed by atoms with Crippen LogP contribution in [-0.4, -0.2) is 19.2 Å². The molecular weight excluding hydrogens is 364 g/mol. The number of aromatic nitrogens is 1. The first-order chi connectivity index (χ1) is 12.9. The summed E-state index contributed by atoms with van der Waals surface area (Å²) in [4.78, 5) is 15.6. The van der Waals surface area contributed by atoms with Crippen LogP contribution in [0.3, 0.4) is 0 Å². The minimum atomic E-state index is -3.77. The minimum Gasteiger partial charge on any atom is -0.487 e. The quantitative estimate of drug-likeness (QED) is 0.630. The maximum absolute atomic E-state index is 12.5. The molecule has 0 atom stereocenters. The Balaban J connectivity index is 1.72. The summed E-state index contributed by atoms with van der Waals surface area (Å²) in [6, 6.07) is 18.0. The average molecular weight is 382 g/mol. The molecular formula is C20H18N2O4S. The lowest BCUT2D eigenvalue weighted by molar-refractivity contribution is 0.101. The summed E-state index contributed by atoms with van der Waals surface area (Å²) >= 11 is 0. The number of carbonyl (C=O) groups is 1. The predicted molar refractivity (Wildman–Crippen MR) is 102 cm³/mol. The Kier molecular flexibility index (Phi) is 5.52. The highest BCUT2D eigenvalue weighted by Gasteiger charge is 2.15. The van der Waals surface area contributed by atoms with E-state index in [-0.39, 0.29) is 17.3 Å². The fourth-order valence-corrected chi connectivity index (χ4v) is 3.42. The van der Waals surface area contributed by atoms with Gasteiger partial charge in [0.05, 0.1) is 16.3 Å². The van der Waals surface area contributed by atoms with Gasteiger partial charge in [0.2, 0.25) is 0 Å². The lowest BCUT2D eigenvalue weighted by Crippen LogP contribution is -2.13. The number of nitrogens with zero attached hydrogens (tertiary/aromatic N) is 1. The minimum absolute atomic E-state index is 0.0762. The van der Waals surface area contributed by atoms with Crippen LogP contribution in [0.25, 0.3) is 0 Å². The summed E-state index contributed by atoms with van der Waals surface area (Å²) in [7, 11) is -3.77. The van der Waals surface area contributed by atoms with Crippen molar-refractivity contribution in [2.75, 3.05) is 4.72 Å². The number of rotatable bonds is 7. The first-order valence-electron chi connectivity index (χ1n) is 8.21. The monoisotopic (exact) mass is 382 g/mol. The third-order valence-electron chi connectivity index (χ3n) is 3.77. The molecule has 3 aromatic rings. The molecule has 0 radical (unpaired) electrons. The van der Waals surface area contributed by atoms with Crippen molar-refractivity contribution in [2.24, 2.45) is 0 Å². The molecule has 0 unspecified atom stereocenters. The Morgan fingerprint density at radius 2 is 1.81 bits per heavy atom. The Morgan fingerprint density at radius 3 is 2.48 bits per heavy atom. The van der Waals surface area contributed by atoms with Crippen LogP contribution in [-0.2, 0) is 16.6 Å². The van der Waals surface area contributed by atoms with Crippen LogP contribution in [0.1, 0.15) is 23.0 Å². The van der Waals surface area contributed by atoms with Gasteiger partial charge in [-0.15, -0.1) is 0 Å². The van der Waals surface area contributed by atoms with Crippen LogP contribution >= 0.6 is 0 Å². The lowest BCUT2D eigenvalue weighted by atomic mass is 10.2. The Labute approximate surface area is 157 Å². The van der Waals surface area contributed by atoms with E-state index >= 15 is 0 Å². The second-order valence-corrected chi connectivity index (χ2v) is 7.51. The van der Waals surface area contributed by atoms with Gasteiger partial charge < -0.3 is 4.74 Å². The molecule has 0 aliphatic rings. The van der Waals surface area contributed by atoms with Gasteiger partial charge in [-0.1, -0.05) is 24.3 Å². The number of ether oxygens (including phenoxy) is 1. The van der Waals surface area contributed by atoms with Gasteiger partial charge in [0.15, 0.2) is 5.78 Å². The molecule has 1 aromatic heterocycles. The number of benzene rings is 2. The molecule has 0 spiro atoms. The molecule has 7 heteroatoms. The molecule has 6 nitrogen and oxygen atoms in total. The highest BCUT2D eigenvalue weighted by molar-refractivity contribution is 7.92. The Hall–Kier alpha value is -3.19. The number of anilines is 1. The number of Topliss-reactive ketones (excluding diaryl/α,β-unsaturated/α-hetero) is 1. The number of pyridine rings is 1. The molecule has 1 heterocycles. The Morgan fingerprint density at radius 1 is 1.04 bits per heavy atom. The van der Waals surface area contributed by atoms with Crippen molar-refractivity contribution in [1.82, 2.24) is 4.98 Å². The summed E-state index contributed by atoms with van der Waals surface area (Å²) in [5.41, 5.74) is 1.61. The molecule has 0 amide bonds. The number of sulfonamides is 1. The van der Waals surface area contributed by atoms with Gasteiger partial charge >= 0.3 is 0 Å². The van der Waals surface area contributed by atoms with Crippen molar-refractivity contribution >= 4 is 21.5 Å². The second-order valence-electron chi connectivity index (χ2n) is 5.82. The van der Waals surface area contributed by atoms with Crippen LogP contribution < -0.4 is 9.46 Å². The summed E-state index contributed by atoms with van der Waals surface area (Å²) in [6.45, 7) is 1.71. The van der Waals surface area contributed by atoms with Gasteiger partial charge in [0.25, 0.3) is 10.0 Å². The van der Waals surface area contributed by atoms with E-state index in [2.05, 4.69) is 9.71 Å². The number of hydrogen-bond acceptors (Lipinski definition) is 5. The van der Waals surface area contributed by atoms with Crippen molar-refractivity contribution in [2.45, 2.75) is 18.4 Å². The molecule has 3 rings (SSSR count). The molecule has 0 aliphatic carbocycles. The van der Waals surface area contributed by atoms with Gasteiger partial charge in [-0.3, -0.25) is 14.5 Å². The van der Waals surface area contributed by atoms with Gasteiger partial charge in [-0.25, -0.2) is 8.42 Å². The zero-order chi connectivity index (χ0) is 19.3. The first kappa shape index (κ1) is 18.6. The number of nitrogens with one attached hydrogen (secondary N) is 1. The summed E-state index contributed by atoms with van der Waals surface area (Å²) in [6.07, 6.45) is 1.68. The van der Waals surface area contributed by atoms with Crippen LogP contribution in [0.5, 0.6) is 5.75 Å². The largest absolute Gasteiger partial charge is 0.487 e. The second kappa shape index (κ2) is 8.01.